The molecule has 1 spiro atoms. The minimum absolute atomic E-state index is 0.104. The van der Waals surface area contributed by atoms with Gasteiger partial charge in [0.1, 0.15) is 23.6 Å². The minimum atomic E-state index is -0.919. The Morgan fingerprint density at radius 3 is 2.47 bits per heavy atom. The van der Waals surface area contributed by atoms with Crippen LogP contribution in [0.25, 0.3) is 0 Å². The van der Waals surface area contributed by atoms with Crippen LogP contribution in [0.3, 0.4) is 0 Å². The van der Waals surface area contributed by atoms with Gasteiger partial charge in [-0.1, -0.05) is 26.8 Å². The molecule has 2 heterocycles. The molecule has 4 rings (SSSR count). The molecule has 0 radical (unpaired) electrons. The zero-order chi connectivity index (χ0) is 23.1. The van der Waals surface area contributed by atoms with E-state index in [0.717, 1.165) is 43.7 Å². The first-order valence-electron chi connectivity index (χ1n) is 11.6. The van der Waals surface area contributed by atoms with E-state index in [4.69, 9.17) is 0 Å². The molecule has 0 bridgehead atoms. The minimum Gasteiger partial charge on any atom is -0.370 e. The number of nitrogens with zero attached hydrogens (tertiary/aromatic N) is 2. The molecule has 32 heavy (non-hydrogen) atoms. The predicted octanol–water partition coefficient (Wildman–Crippen LogP) is 3.89. The molecule has 0 aromatic heterocycles. The lowest BCUT2D eigenvalue weighted by Gasteiger charge is -2.40. The van der Waals surface area contributed by atoms with Crippen molar-refractivity contribution in [3.8, 4) is 0 Å². The zero-order valence-corrected chi connectivity index (χ0v) is 19.2. The number of carbonyl (C=O) groups excluding carboxylic acids is 3. The van der Waals surface area contributed by atoms with Crippen molar-refractivity contribution < 1.29 is 18.8 Å². The number of nitrogens with one attached hydrogen (secondary N) is 2. The topological polar surface area (TPSA) is 81.8 Å². The Morgan fingerprint density at radius 1 is 1.19 bits per heavy atom. The van der Waals surface area contributed by atoms with Gasteiger partial charge in [0, 0.05) is 13.1 Å². The molecule has 2 saturated heterocycles. The maximum Gasteiger partial charge on any atom is 0.325 e. The summed E-state index contributed by atoms with van der Waals surface area (Å²) in [4.78, 5) is 41.5. The van der Waals surface area contributed by atoms with Crippen LogP contribution in [0.4, 0.5) is 20.6 Å². The number of urea groups is 1. The standard InChI is InChI=1S/C24H33FN4O3/c1-23(2,3)16-9-11-24(12-10-16)21(31)29(22(32)27-24)15-19(30)26-20-17(25)7-6-8-18(20)28-13-4-5-14-28/h6-8,16H,4-5,9-15H2,1-3H3,(H,26,30)(H,27,32). The summed E-state index contributed by atoms with van der Waals surface area (Å²) in [6.07, 6.45) is 4.89. The first-order chi connectivity index (χ1) is 15.1. The molecule has 3 aliphatic rings. The average Bonchev–Trinajstić information content (AvgIpc) is 3.33. The van der Waals surface area contributed by atoms with Gasteiger partial charge in [0.25, 0.3) is 5.91 Å². The molecule has 1 aromatic carbocycles. The summed E-state index contributed by atoms with van der Waals surface area (Å²) in [5, 5.41) is 5.47. The molecular formula is C24H33FN4O3. The Bertz CT molecular complexity index is 912. The Balaban J connectivity index is 1.44. The number of benzene rings is 1. The van der Waals surface area contributed by atoms with Gasteiger partial charge in [-0.15, -0.1) is 0 Å². The summed E-state index contributed by atoms with van der Waals surface area (Å²) in [6.45, 7) is 7.76. The lowest BCUT2D eigenvalue weighted by Crippen LogP contribution is -2.51. The first kappa shape index (κ1) is 22.6. The number of hydrogen-bond acceptors (Lipinski definition) is 4. The van der Waals surface area contributed by atoms with Crippen LogP contribution < -0.4 is 15.5 Å². The summed E-state index contributed by atoms with van der Waals surface area (Å²) in [6, 6.07) is 4.15. The molecule has 1 aromatic rings. The highest BCUT2D eigenvalue weighted by Gasteiger charge is 2.53. The smallest absolute Gasteiger partial charge is 0.325 e. The van der Waals surface area contributed by atoms with Crippen LogP contribution in [0.2, 0.25) is 0 Å². The fourth-order valence-electron chi connectivity index (χ4n) is 5.32. The molecule has 1 saturated carbocycles. The van der Waals surface area contributed by atoms with Crippen molar-refractivity contribution in [1.82, 2.24) is 10.2 Å². The highest BCUT2D eigenvalue weighted by Crippen LogP contribution is 2.43. The van der Waals surface area contributed by atoms with Gasteiger partial charge in [0.15, 0.2) is 0 Å². The third-order valence-electron chi connectivity index (χ3n) is 7.31. The number of halogens is 1. The molecule has 4 amide bonds. The molecule has 1 aliphatic carbocycles. The monoisotopic (exact) mass is 444 g/mol. The van der Waals surface area contributed by atoms with Gasteiger partial charge in [0.2, 0.25) is 5.91 Å². The highest BCUT2D eigenvalue weighted by molar-refractivity contribution is 6.10. The Kier molecular flexibility index (Phi) is 5.90. The SMILES string of the molecule is CC(C)(C)C1CCC2(CC1)NC(=O)N(CC(=O)Nc1c(F)cccc1N1CCCC1)C2=O. The third-order valence-corrected chi connectivity index (χ3v) is 7.31. The van der Waals surface area contributed by atoms with Gasteiger partial charge in [-0.05, 0) is 62.0 Å². The van der Waals surface area contributed by atoms with E-state index in [1.165, 1.54) is 6.07 Å². The average molecular weight is 445 g/mol. The third kappa shape index (κ3) is 4.19. The highest BCUT2D eigenvalue weighted by atomic mass is 19.1. The fraction of sp³-hybridized carbons (Fsp3) is 0.625. The van der Waals surface area contributed by atoms with Gasteiger partial charge < -0.3 is 15.5 Å². The van der Waals surface area contributed by atoms with Crippen LogP contribution in [-0.4, -0.2) is 47.9 Å². The number of hydrogen-bond donors (Lipinski definition) is 2. The molecule has 0 unspecified atom stereocenters. The van der Waals surface area contributed by atoms with Crippen LogP contribution in [0.1, 0.15) is 59.3 Å². The maximum atomic E-state index is 14.5. The number of imide groups is 1. The van der Waals surface area contributed by atoms with E-state index < -0.39 is 29.8 Å². The maximum absolute atomic E-state index is 14.5. The molecule has 2 aliphatic heterocycles. The number of para-hydroxylation sites is 1. The van der Waals surface area contributed by atoms with Crippen molar-refractivity contribution in [3.05, 3.63) is 24.0 Å². The first-order valence-corrected chi connectivity index (χ1v) is 11.6. The van der Waals surface area contributed by atoms with Crippen molar-refractivity contribution in [3.63, 3.8) is 0 Å². The molecule has 8 heteroatoms. The van der Waals surface area contributed by atoms with Crippen LogP contribution in [0, 0.1) is 17.2 Å². The zero-order valence-electron chi connectivity index (χ0n) is 19.2. The van der Waals surface area contributed by atoms with E-state index >= 15 is 0 Å². The summed E-state index contributed by atoms with van der Waals surface area (Å²) in [5.74, 6) is -0.977. The lowest BCUT2D eigenvalue weighted by molar-refractivity contribution is -0.135. The van der Waals surface area contributed by atoms with Crippen molar-refractivity contribution in [2.45, 2.75) is 64.8 Å². The number of carbonyl (C=O) groups is 3. The molecule has 3 fully saturated rings. The summed E-state index contributed by atoms with van der Waals surface area (Å²) in [5.41, 5.74) is -0.0332. The lowest BCUT2D eigenvalue weighted by atomic mass is 9.67. The van der Waals surface area contributed by atoms with Gasteiger partial charge >= 0.3 is 6.03 Å². The number of rotatable bonds is 4. The Labute approximate surface area is 188 Å². The van der Waals surface area contributed by atoms with Gasteiger partial charge in [0.05, 0.1) is 5.69 Å². The van der Waals surface area contributed by atoms with Crippen molar-refractivity contribution in [2.75, 3.05) is 29.9 Å². The number of anilines is 2. The van der Waals surface area contributed by atoms with Gasteiger partial charge in [-0.2, -0.15) is 0 Å². The van der Waals surface area contributed by atoms with E-state index in [-0.39, 0.29) is 17.0 Å². The molecule has 2 N–H and O–H groups in total. The summed E-state index contributed by atoms with van der Waals surface area (Å²) in [7, 11) is 0. The van der Waals surface area contributed by atoms with Crippen LogP contribution in [0.5, 0.6) is 0 Å². The van der Waals surface area contributed by atoms with E-state index in [1.54, 1.807) is 12.1 Å². The fourth-order valence-corrected chi connectivity index (χ4v) is 5.32. The van der Waals surface area contributed by atoms with Crippen LogP contribution >= 0.6 is 0 Å². The van der Waals surface area contributed by atoms with Crippen molar-refractivity contribution >= 4 is 29.2 Å². The molecular weight excluding hydrogens is 411 g/mol. The van der Waals surface area contributed by atoms with E-state index in [1.807, 2.05) is 4.90 Å². The predicted molar refractivity (Wildman–Crippen MR) is 121 cm³/mol. The second-order valence-corrected chi connectivity index (χ2v) is 10.4. The summed E-state index contributed by atoms with van der Waals surface area (Å²) >= 11 is 0. The Hall–Kier alpha value is -2.64. The summed E-state index contributed by atoms with van der Waals surface area (Å²) < 4.78 is 14.5. The van der Waals surface area contributed by atoms with Crippen molar-refractivity contribution in [1.29, 1.82) is 0 Å². The second-order valence-electron chi connectivity index (χ2n) is 10.4. The number of amides is 4. The van der Waals surface area contributed by atoms with Crippen LogP contribution in [-0.2, 0) is 9.59 Å². The van der Waals surface area contributed by atoms with Crippen LogP contribution in [0.15, 0.2) is 18.2 Å². The van der Waals surface area contributed by atoms with E-state index in [2.05, 4.69) is 31.4 Å². The molecule has 174 valence electrons. The second kappa shape index (κ2) is 8.37. The van der Waals surface area contributed by atoms with E-state index in [9.17, 15) is 18.8 Å². The van der Waals surface area contributed by atoms with Gasteiger partial charge in [-0.25, -0.2) is 9.18 Å². The van der Waals surface area contributed by atoms with Gasteiger partial charge in [-0.3, -0.25) is 14.5 Å². The quantitative estimate of drug-likeness (QED) is 0.691. The largest absolute Gasteiger partial charge is 0.370 e. The van der Waals surface area contributed by atoms with E-state index in [0.29, 0.717) is 24.4 Å². The molecule has 7 nitrogen and oxygen atoms in total. The normalized spacial score (nSPS) is 26.1. The van der Waals surface area contributed by atoms with Crippen molar-refractivity contribution in [2.24, 2.45) is 11.3 Å². The molecule has 0 atom stereocenters. The Morgan fingerprint density at radius 2 is 1.84 bits per heavy atom.